The summed E-state index contributed by atoms with van der Waals surface area (Å²) in [4.78, 5) is 33.7. The van der Waals surface area contributed by atoms with Crippen LogP contribution < -0.4 is 0 Å². The van der Waals surface area contributed by atoms with Crippen molar-refractivity contribution in [3.63, 3.8) is 0 Å². The topological polar surface area (TPSA) is 101 Å². The van der Waals surface area contributed by atoms with Gasteiger partial charge in [-0.2, -0.15) is 0 Å². The summed E-state index contributed by atoms with van der Waals surface area (Å²) in [5.41, 5.74) is -0.593. The second-order valence-electron chi connectivity index (χ2n) is 5.08. The van der Waals surface area contributed by atoms with Gasteiger partial charge in [-0.3, -0.25) is 0 Å². The van der Waals surface area contributed by atoms with Gasteiger partial charge in [0.1, 0.15) is 0 Å². The summed E-state index contributed by atoms with van der Waals surface area (Å²) < 4.78 is 5.02. The Morgan fingerprint density at radius 3 is 1.90 bits per heavy atom. The molecule has 0 fully saturated rings. The number of carboxylic acid groups (broad SMARTS) is 2. The van der Waals surface area contributed by atoms with Crippen molar-refractivity contribution in [1.82, 2.24) is 0 Å². The maximum atomic E-state index is 11.8. The molecule has 2 N–H and O–H groups in total. The van der Waals surface area contributed by atoms with Crippen molar-refractivity contribution in [2.45, 2.75) is 26.7 Å². The minimum Gasteiger partial charge on any atom is -0.478 e. The first-order valence-corrected chi connectivity index (χ1v) is 6.60. The van der Waals surface area contributed by atoms with Gasteiger partial charge >= 0.3 is 17.9 Å². The van der Waals surface area contributed by atoms with Crippen molar-refractivity contribution in [2.24, 2.45) is 5.92 Å². The average Bonchev–Trinajstić information content (AvgIpc) is 2.42. The Morgan fingerprint density at radius 2 is 1.48 bits per heavy atom. The standard InChI is InChI=1S/C15H18O6/c1-9(2)4-3-5-21-15(20)12-7-10(13(16)17)6-11(8-12)14(18)19/h6-9H,3-5H2,1-2H3,(H,16,17)(H,18,19). The van der Waals surface area contributed by atoms with Crippen molar-refractivity contribution in [3.05, 3.63) is 34.9 Å². The maximum Gasteiger partial charge on any atom is 0.338 e. The molecular formula is C15H18O6. The highest BCUT2D eigenvalue weighted by atomic mass is 16.5. The predicted molar refractivity (Wildman–Crippen MR) is 74.7 cm³/mol. The minimum absolute atomic E-state index is 0.0724. The van der Waals surface area contributed by atoms with E-state index in [1.807, 2.05) is 0 Å². The second kappa shape index (κ2) is 7.42. The van der Waals surface area contributed by atoms with E-state index in [0.717, 1.165) is 24.6 Å². The summed E-state index contributed by atoms with van der Waals surface area (Å²) in [6, 6.07) is 3.22. The van der Waals surface area contributed by atoms with Crippen molar-refractivity contribution in [3.8, 4) is 0 Å². The fourth-order valence-corrected chi connectivity index (χ4v) is 1.73. The zero-order valence-electron chi connectivity index (χ0n) is 12.0. The molecule has 0 aliphatic heterocycles. The maximum absolute atomic E-state index is 11.8. The van der Waals surface area contributed by atoms with Crippen LogP contribution in [0, 0.1) is 5.92 Å². The summed E-state index contributed by atoms with van der Waals surface area (Å²) in [5, 5.41) is 17.9. The molecule has 1 aromatic rings. The van der Waals surface area contributed by atoms with Gasteiger partial charge in [-0.15, -0.1) is 0 Å². The van der Waals surface area contributed by atoms with Crippen LogP contribution in [0.2, 0.25) is 0 Å². The smallest absolute Gasteiger partial charge is 0.338 e. The molecule has 0 saturated carbocycles. The van der Waals surface area contributed by atoms with Gasteiger partial charge in [-0.25, -0.2) is 14.4 Å². The zero-order valence-corrected chi connectivity index (χ0v) is 12.0. The molecule has 114 valence electrons. The van der Waals surface area contributed by atoms with E-state index in [1.54, 1.807) is 0 Å². The number of carbonyl (C=O) groups is 3. The Labute approximate surface area is 122 Å². The Morgan fingerprint density at radius 1 is 1.00 bits per heavy atom. The van der Waals surface area contributed by atoms with Crippen LogP contribution in [0.25, 0.3) is 0 Å². The summed E-state index contributed by atoms with van der Waals surface area (Å²) in [5.74, 6) is -2.82. The van der Waals surface area contributed by atoms with Crippen LogP contribution in [-0.2, 0) is 4.74 Å². The molecule has 0 bridgehead atoms. The van der Waals surface area contributed by atoms with Gasteiger partial charge in [0.15, 0.2) is 0 Å². The first-order valence-electron chi connectivity index (χ1n) is 6.60. The third-order valence-electron chi connectivity index (χ3n) is 2.82. The van der Waals surface area contributed by atoms with Gasteiger partial charge in [0, 0.05) is 0 Å². The minimum atomic E-state index is -1.30. The number of hydrogen-bond donors (Lipinski definition) is 2. The van der Waals surface area contributed by atoms with Crippen LogP contribution >= 0.6 is 0 Å². The largest absolute Gasteiger partial charge is 0.478 e. The number of rotatable bonds is 7. The van der Waals surface area contributed by atoms with E-state index in [2.05, 4.69) is 13.8 Å². The Kier molecular flexibility index (Phi) is 5.90. The SMILES string of the molecule is CC(C)CCCOC(=O)c1cc(C(=O)O)cc(C(=O)O)c1. The lowest BCUT2D eigenvalue weighted by molar-refractivity contribution is 0.0494. The van der Waals surface area contributed by atoms with Crippen LogP contribution in [0.1, 0.15) is 57.8 Å². The van der Waals surface area contributed by atoms with Crippen molar-refractivity contribution in [1.29, 1.82) is 0 Å². The van der Waals surface area contributed by atoms with Crippen LogP contribution in [0.3, 0.4) is 0 Å². The van der Waals surface area contributed by atoms with Gasteiger partial charge < -0.3 is 14.9 Å². The molecule has 0 amide bonds. The lowest BCUT2D eigenvalue weighted by atomic mass is 10.1. The Bertz CT molecular complexity index is 515. The molecule has 0 spiro atoms. The molecule has 6 heteroatoms. The van der Waals surface area contributed by atoms with Crippen LogP contribution in [0.5, 0.6) is 0 Å². The molecule has 0 unspecified atom stereocenters. The van der Waals surface area contributed by atoms with E-state index < -0.39 is 17.9 Å². The van der Waals surface area contributed by atoms with E-state index in [9.17, 15) is 14.4 Å². The molecule has 0 aliphatic rings. The Hall–Kier alpha value is -2.37. The highest BCUT2D eigenvalue weighted by molar-refractivity contribution is 5.99. The molecule has 21 heavy (non-hydrogen) atoms. The lowest BCUT2D eigenvalue weighted by Gasteiger charge is -2.08. The number of aromatic carboxylic acids is 2. The van der Waals surface area contributed by atoms with Gasteiger partial charge in [0.25, 0.3) is 0 Å². The van der Waals surface area contributed by atoms with Gasteiger partial charge in [0.2, 0.25) is 0 Å². The lowest BCUT2D eigenvalue weighted by Crippen LogP contribution is -2.11. The fraction of sp³-hybridized carbons (Fsp3) is 0.400. The molecule has 6 nitrogen and oxygen atoms in total. The number of benzene rings is 1. The Balaban J connectivity index is 2.83. The summed E-state index contributed by atoms with van der Waals surface area (Å²) in [7, 11) is 0. The van der Waals surface area contributed by atoms with E-state index in [-0.39, 0.29) is 23.3 Å². The summed E-state index contributed by atoms with van der Waals surface area (Å²) >= 11 is 0. The second-order valence-corrected chi connectivity index (χ2v) is 5.08. The quantitative estimate of drug-likeness (QED) is 0.592. The first kappa shape index (κ1) is 16.7. The van der Waals surface area contributed by atoms with E-state index in [1.165, 1.54) is 0 Å². The van der Waals surface area contributed by atoms with Gasteiger partial charge in [-0.05, 0) is 37.0 Å². The van der Waals surface area contributed by atoms with Crippen molar-refractivity contribution in [2.75, 3.05) is 6.61 Å². The fourth-order valence-electron chi connectivity index (χ4n) is 1.73. The molecule has 0 aromatic heterocycles. The average molecular weight is 294 g/mol. The highest BCUT2D eigenvalue weighted by Crippen LogP contribution is 2.13. The van der Waals surface area contributed by atoms with Crippen molar-refractivity contribution >= 4 is 17.9 Å². The van der Waals surface area contributed by atoms with Crippen molar-refractivity contribution < 1.29 is 29.3 Å². The molecule has 0 heterocycles. The van der Waals surface area contributed by atoms with E-state index in [0.29, 0.717) is 12.3 Å². The number of carboxylic acids is 2. The normalized spacial score (nSPS) is 10.4. The first-order chi connectivity index (χ1) is 9.81. The molecule has 0 saturated heterocycles. The number of carbonyl (C=O) groups excluding carboxylic acids is 1. The third-order valence-corrected chi connectivity index (χ3v) is 2.82. The zero-order chi connectivity index (χ0) is 16.0. The third kappa shape index (κ3) is 5.25. The predicted octanol–water partition coefficient (Wildman–Crippen LogP) is 2.68. The van der Waals surface area contributed by atoms with E-state index in [4.69, 9.17) is 14.9 Å². The monoisotopic (exact) mass is 294 g/mol. The number of hydrogen-bond acceptors (Lipinski definition) is 4. The molecule has 0 aliphatic carbocycles. The van der Waals surface area contributed by atoms with Crippen LogP contribution in [0.4, 0.5) is 0 Å². The molecule has 0 atom stereocenters. The molecule has 1 rings (SSSR count). The number of ether oxygens (including phenoxy) is 1. The van der Waals surface area contributed by atoms with E-state index >= 15 is 0 Å². The molecule has 0 radical (unpaired) electrons. The highest BCUT2D eigenvalue weighted by Gasteiger charge is 2.16. The van der Waals surface area contributed by atoms with Gasteiger partial charge in [-0.1, -0.05) is 13.8 Å². The van der Waals surface area contributed by atoms with Crippen LogP contribution in [-0.4, -0.2) is 34.7 Å². The number of esters is 1. The summed E-state index contributed by atoms with van der Waals surface area (Å²) in [6.45, 7) is 4.32. The van der Waals surface area contributed by atoms with Gasteiger partial charge in [0.05, 0.1) is 23.3 Å². The molecule has 1 aromatic carbocycles. The van der Waals surface area contributed by atoms with Crippen LogP contribution in [0.15, 0.2) is 18.2 Å². The summed E-state index contributed by atoms with van der Waals surface area (Å²) in [6.07, 6.45) is 1.61. The molecular weight excluding hydrogens is 276 g/mol.